The molecule has 1 heterocycles. The predicted molar refractivity (Wildman–Crippen MR) is 133 cm³/mol. The number of para-hydroxylation sites is 2. The van der Waals surface area contributed by atoms with E-state index in [2.05, 4.69) is 6.92 Å². The summed E-state index contributed by atoms with van der Waals surface area (Å²) in [7, 11) is 0. The number of rotatable bonds is 7. The third kappa shape index (κ3) is 4.44. The van der Waals surface area contributed by atoms with Crippen molar-refractivity contribution in [2.24, 2.45) is 0 Å². The molecule has 0 spiro atoms. The maximum atomic E-state index is 13.7. The van der Waals surface area contributed by atoms with Gasteiger partial charge in [0, 0.05) is 12.1 Å². The predicted octanol–water partition coefficient (Wildman–Crippen LogP) is 5.70. The van der Waals surface area contributed by atoms with Crippen LogP contribution < -0.4 is 5.56 Å². The molecule has 1 amide bonds. The molecule has 168 valence electrons. The van der Waals surface area contributed by atoms with Gasteiger partial charge >= 0.3 is 0 Å². The van der Waals surface area contributed by atoms with Crippen molar-refractivity contribution in [3.63, 3.8) is 0 Å². The topological polar surface area (TPSA) is 55.2 Å². The average molecular weight is 440 g/mol. The highest BCUT2D eigenvalue weighted by Crippen LogP contribution is 2.26. The van der Waals surface area contributed by atoms with Crippen LogP contribution in [-0.2, 0) is 0 Å². The van der Waals surface area contributed by atoms with E-state index in [1.807, 2.05) is 91.5 Å². The van der Waals surface area contributed by atoms with Gasteiger partial charge in [0.05, 0.1) is 22.6 Å². The van der Waals surface area contributed by atoms with E-state index in [4.69, 9.17) is 4.98 Å². The van der Waals surface area contributed by atoms with E-state index >= 15 is 0 Å². The summed E-state index contributed by atoms with van der Waals surface area (Å²) in [5, 5.41) is 0.561. The van der Waals surface area contributed by atoms with E-state index in [-0.39, 0.29) is 11.5 Å². The Morgan fingerprint density at radius 2 is 1.64 bits per heavy atom. The van der Waals surface area contributed by atoms with Gasteiger partial charge in [-0.2, -0.15) is 0 Å². The van der Waals surface area contributed by atoms with E-state index in [1.54, 1.807) is 10.6 Å². The zero-order valence-corrected chi connectivity index (χ0v) is 19.4. The van der Waals surface area contributed by atoms with Crippen LogP contribution in [0.2, 0.25) is 0 Å². The molecule has 1 atom stereocenters. The molecule has 3 aromatic carbocycles. The molecule has 4 aromatic rings. The quantitative estimate of drug-likeness (QED) is 0.371. The largest absolute Gasteiger partial charge is 0.329 e. The number of nitrogens with zero attached hydrogens (tertiary/aromatic N) is 3. The lowest BCUT2D eigenvalue weighted by Gasteiger charge is -2.31. The Labute approximate surface area is 194 Å². The number of hydrogen-bond acceptors (Lipinski definition) is 3. The van der Waals surface area contributed by atoms with Crippen molar-refractivity contribution >= 4 is 16.8 Å². The molecule has 5 heteroatoms. The highest BCUT2D eigenvalue weighted by molar-refractivity contribution is 5.94. The minimum absolute atomic E-state index is 0.0599. The number of benzene rings is 3. The van der Waals surface area contributed by atoms with Gasteiger partial charge in [0.2, 0.25) is 0 Å². The number of aryl methyl sites for hydroxylation is 1. The number of aromatic nitrogens is 2. The van der Waals surface area contributed by atoms with Gasteiger partial charge in [0.25, 0.3) is 11.5 Å². The van der Waals surface area contributed by atoms with Gasteiger partial charge in [-0.3, -0.25) is 14.2 Å². The molecule has 33 heavy (non-hydrogen) atoms. The van der Waals surface area contributed by atoms with Crippen LogP contribution in [0.15, 0.2) is 83.7 Å². The summed E-state index contributed by atoms with van der Waals surface area (Å²) < 4.78 is 1.68. The molecule has 5 nitrogen and oxygen atoms in total. The fourth-order valence-electron chi connectivity index (χ4n) is 4.16. The first-order valence-electron chi connectivity index (χ1n) is 11.5. The van der Waals surface area contributed by atoms with Gasteiger partial charge in [-0.15, -0.1) is 0 Å². The molecule has 0 N–H and O–H groups in total. The lowest BCUT2D eigenvalue weighted by atomic mass is 10.1. The highest BCUT2D eigenvalue weighted by atomic mass is 16.2. The van der Waals surface area contributed by atoms with Gasteiger partial charge in [0.1, 0.15) is 5.82 Å². The second kappa shape index (κ2) is 9.82. The first kappa shape index (κ1) is 22.5. The molecule has 0 aliphatic rings. The van der Waals surface area contributed by atoms with E-state index in [1.165, 1.54) is 0 Å². The molecular weight excluding hydrogens is 410 g/mol. The summed E-state index contributed by atoms with van der Waals surface area (Å²) in [5.41, 5.74) is 2.90. The highest BCUT2D eigenvalue weighted by Gasteiger charge is 2.27. The number of carbonyl (C=O) groups is 1. The summed E-state index contributed by atoms with van der Waals surface area (Å²) in [6.45, 7) is 6.63. The van der Waals surface area contributed by atoms with Crippen molar-refractivity contribution in [1.29, 1.82) is 0 Å². The Morgan fingerprint density at radius 1 is 0.970 bits per heavy atom. The summed E-state index contributed by atoms with van der Waals surface area (Å²) in [6, 6.07) is 24.1. The van der Waals surface area contributed by atoms with Gasteiger partial charge in [-0.1, -0.05) is 61.9 Å². The van der Waals surface area contributed by atoms with Crippen molar-refractivity contribution in [2.75, 3.05) is 6.54 Å². The van der Waals surface area contributed by atoms with Crippen LogP contribution >= 0.6 is 0 Å². The van der Waals surface area contributed by atoms with Crippen molar-refractivity contribution in [3.8, 4) is 5.69 Å². The third-order valence-corrected chi connectivity index (χ3v) is 6.03. The molecule has 1 unspecified atom stereocenters. The minimum Gasteiger partial charge on any atom is -0.329 e. The van der Waals surface area contributed by atoms with Crippen LogP contribution in [0.1, 0.15) is 54.5 Å². The Bertz CT molecular complexity index is 1330. The van der Waals surface area contributed by atoms with Crippen molar-refractivity contribution in [3.05, 3.63) is 106 Å². The first-order chi connectivity index (χ1) is 16.0. The van der Waals surface area contributed by atoms with Crippen LogP contribution in [0.5, 0.6) is 0 Å². The number of unbranched alkanes of at least 4 members (excludes halogenated alkanes) is 1. The summed E-state index contributed by atoms with van der Waals surface area (Å²) in [6.07, 6.45) is 1.83. The lowest BCUT2D eigenvalue weighted by Crippen LogP contribution is -2.38. The molecule has 0 saturated carbocycles. The summed E-state index contributed by atoms with van der Waals surface area (Å²) in [5.74, 6) is 0.503. The van der Waals surface area contributed by atoms with Crippen LogP contribution in [0.25, 0.3) is 16.6 Å². The fourth-order valence-corrected chi connectivity index (χ4v) is 4.16. The number of fused-ring (bicyclic) bond motifs is 1. The standard InChI is InChI=1S/C28H29N3O2/c1-4-5-19-30(27(32)22-14-7-6-8-15-22)21(3)26-29-24-17-11-10-16-23(24)28(33)31(26)25-18-12-9-13-20(25)2/h6-18,21H,4-5,19H2,1-3H3. The van der Waals surface area contributed by atoms with E-state index in [9.17, 15) is 9.59 Å². The van der Waals surface area contributed by atoms with Gasteiger partial charge in [-0.25, -0.2) is 4.98 Å². The van der Waals surface area contributed by atoms with Gasteiger partial charge < -0.3 is 4.90 Å². The van der Waals surface area contributed by atoms with Crippen LogP contribution in [0.3, 0.4) is 0 Å². The molecule has 0 saturated heterocycles. The molecular formula is C28H29N3O2. The molecule has 0 aliphatic carbocycles. The SMILES string of the molecule is CCCCN(C(=O)c1ccccc1)C(C)c1nc2ccccc2c(=O)n1-c1ccccc1C. The summed E-state index contributed by atoms with van der Waals surface area (Å²) in [4.78, 5) is 34.0. The Hall–Kier alpha value is -3.73. The van der Waals surface area contributed by atoms with E-state index in [0.29, 0.717) is 28.8 Å². The molecule has 1 aromatic heterocycles. The molecule has 0 aliphatic heterocycles. The Kier molecular flexibility index (Phi) is 6.68. The lowest BCUT2D eigenvalue weighted by molar-refractivity contribution is 0.0678. The Morgan fingerprint density at radius 3 is 2.36 bits per heavy atom. The van der Waals surface area contributed by atoms with Crippen LogP contribution in [0.4, 0.5) is 0 Å². The molecule has 0 fully saturated rings. The normalized spacial score (nSPS) is 12.0. The molecule has 0 bridgehead atoms. The van der Waals surface area contributed by atoms with Crippen molar-refractivity contribution < 1.29 is 4.79 Å². The van der Waals surface area contributed by atoms with Crippen LogP contribution in [0, 0.1) is 6.92 Å². The monoisotopic (exact) mass is 439 g/mol. The van der Waals surface area contributed by atoms with E-state index < -0.39 is 6.04 Å². The number of amides is 1. The van der Waals surface area contributed by atoms with Crippen molar-refractivity contribution in [1.82, 2.24) is 14.5 Å². The smallest absolute Gasteiger partial charge is 0.266 e. The minimum atomic E-state index is -0.402. The number of carbonyl (C=O) groups excluding carboxylic acids is 1. The zero-order chi connectivity index (χ0) is 23.4. The molecule has 4 rings (SSSR count). The van der Waals surface area contributed by atoms with E-state index in [0.717, 1.165) is 24.1 Å². The maximum absolute atomic E-state index is 13.7. The fraction of sp³-hybridized carbons (Fsp3) is 0.250. The van der Waals surface area contributed by atoms with Gasteiger partial charge in [-0.05, 0) is 56.2 Å². The van der Waals surface area contributed by atoms with Crippen molar-refractivity contribution in [2.45, 2.75) is 39.7 Å². The first-order valence-corrected chi connectivity index (χ1v) is 11.5. The second-order valence-electron chi connectivity index (χ2n) is 8.31. The number of hydrogen-bond donors (Lipinski definition) is 0. The summed E-state index contributed by atoms with van der Waals surface area (Å²) >= 11 is 0. The van der Waals surface area contributed by atoms with Gasteiger partial charge in [0.15, 0.2) is 0 Å². The maximum Gasteiger partial charge on any atom is 0.266 e. The zero-order valence-electron chi connectivity index (χ0n) is 19.4. The third-order valence-electron chi connectivity index (χ3n) is 6.03. The average Bonchev–Trinajstić information content (AvgIpc) is 2.85. The Balaban J connectivity index is 1.92. The molecule has 0 radical (unpaired) electrons. The van der Waals surface area contributed by atoms with Crippen LogP contribution in [-0.4, -0.2) is 26.9 Å². The second-order valence-corrected chi connectivity index (χ2v) is 8.31.